The number of para-hydroxylation sites is 2. The molecule has 2 N–H and O–H groups in total. The Labute approximate surface area is 107 Å². The molecule has 1 fully saturated rings. The summed E-state index contributed by atoms with van der Waals surface area (Å²) < 4.78 is 2.12. The van der Waals surface area contributed by atoms with Crippen LogP contribution in [0, 0.1) is 0 Å². The quantitative estimate of drug-likeness (QED) is 0.869. The highest BCUT2D eigenvalue weighted by Gasteiger charge is 2.13. The SMILES string of the molecule is Cn1c(NCC2CCCCN2)nc2ccccc21. The Morgan fingerprint density at radius 2 is 2.28 bits per heavy atom. The average Bonchev–Trinajstić information content (AvgIpc) is 2.75. The van der Waals surface area contributed by atoms with E-state index in [9.17, 15) is 0 Å². The summed E-state index contributed by atoms with van der Waals surface area (Å²) in [5.41, 5.74) is 2.23. The molecule has 0 radical (unpaired) electrons. The third-order valence-electron chi connectivity index (χ3n) is 3.71. The van der Waals surface area contributed by atoms with E-state index in [1.54, 1.807) is 0 Å². The van der Waals surface area contributed by atoms with E-state index >= 15 is 0 Å². The molecule has 1 aromatic heterocycles. The van der Waals surface area contributed by atoms with Crippen LogP contribution in [-0.2, 0) is 7.05 Å². The largest absolute Gasteiger partial charge is 0.354 e. The number of imidazole rings is 1. The van der Waals surface area contributed by atoms with Gasteiger partial charge in [0.25, 0.3) is 0 Å². The van der Waals surface area contributed by atoms with E-state index < -0.39 is 0 Å². The van der Waals surface area contributed by atoms with Crippen molar-refractivity contribution >= 4 is 17.0 Å². The van der Waals surface area contributed by atoms with Crippen LogP contribution in [0.2, 0.25) is 0 Å². The fourth-order valence-corrected chi connectivity index (χ4v) is 2.62. The predicted octanol–water partition coefficient (Wildman–Crippen LogP) is 2.13. The molecular formula is C14H20N4. The average molecular weight is 244 g/mol. The van der Waals surface area contributed by atoms with E-state index in [4.69, 9.17) is 0 Å². The number of aryl methyl sites for hydroxylation is 1. The van der Waals surface area contributed by atoms with Gasteiger partial charge in [0.1, 0.15) is 0 Å². The van der Waals surface area contributed by atoms with Crippen molar-refractivity contribution < 1.29 is 0 Å². The molecule has 1 aliphatic heterocycles. The van der Waals surface area contributed by atoms with Crippen LogP contribution in [-0.4, -0.2) is 28.7 Å². The van der Waals surface area contributed by atoms with Crippen molar-refractivity contribution in [2.24, 2.45) is 7.05 Å². The second-order valence-corrected chi connectivity index (χ2v) is 5.01. The summed E-state index contributed by atoms with van der Waals surface area (Å²) in [5, 5.41) is 7.00. The molecule has 4 nitrogen and oxygen atoms in total. The number of anilines is 1. The van der Waals surface area contributed by atoms with E-state index in [1.807, 2.05) is 6.07 Å². The zero-order valence-corrected chi connectivity index (χ0v) is 10.8. The second-order valence-electron chi connectivity index (χ2n) is 5.01. The Morgan fingerprint density at radius 1 is 1.39 bits per heavy atom. The van der Waals surface area contributed by atoms with Crippen molar-refractivity contribution in [1.29, 1.82) is 0 Å². The van der Waals surface area contributed by atoms with Crippen LogP contribution < -0.4 is 10.6 Å². The molecule has 18 heavy (non-hydrogen) atoms. The van der Waals surface area contributed by atoms with Crippen LogP contribution in [0.1, 0.15) is 19.3 Å². The molecule has 96 valence electrons. The molecule has 1 unspecified atom stereocenters. The summed E-state index contributed by atoms with van der Waals surface area (Å²) in [7, 11) is 2.06. The maximum atomic E-state index is 4.62. The lowest BCUT2D eigenvalue weighted by atomic mass is 10.1. The monoisotopic (exact) mass is 244 g/mol. The normalized spacial score (nSPS) is 20.2. The van der Waals surface area contributed by atoms with Gasteiger partial charge in [0, 0.05) is 19.6 Å². The van der Waals surface area contributed by atoms with Crippen molar-refractivity contribution in [3.05, 3.63) is 24.3 Å². The fourth-order valence-electron chi connectivity index (χ4n) is 2.62. The van der Waals surface area contributed by atoms with Crippen LogP contribution in [0.5, 0.6) is 0 Å². The maximum absolute atomic E-state index is 4.62. The lowest BCUT2D eigenvalue weighted by molar-refractivity contribution is 0.413. The molecule has 0 spiro atoms. The van der Waals surface area contributed by atoms with E-state index in [0.29, 0.717) is 6.04 Å². The Balaban J connectivity index is 1.72. The first-order chi connectivity index (χ1) is 8.84. The Morgan fingerprint density at radius 3 is 3.06 bits per heavy atom. The standard InChI is InChI=1S/C14H20N4/c1-18-13-8-3-2-7-12(13)17-14(18)16-10-11-6-4-5-9-15-11/h2-3,7-8,11,15H,4-6,9-10H2,1H3,(H,16,17). The number of hydrogen-bond acceptors (Lipinski definition) is 3. The van der Waals surface area contributed by atoms with E-state index in [2.05, 4.69) is 45.4 Å². The maximum Gasteiger partial charge on any atom is 0.203 e. The van der Waals surface area contributed by atoms with Gasteiger partial charge in [-0.3, -0.25) is 0 Å². The molecule has 1 saturated heterocycles. The summed E-state index contributed by atoms with van der Waals surface area (Å²) in [6.45, 7) is 2.10. The number of benzene rings is 1. The predicted molar refractivity (Wildman–Crippen MR) is 74.8 cm³/mol. The van der Waals surface area contributed by atoms with Gasteiger partial charge >= 0.3 is 0 Å². The van der Waals surface area contributed by atoms with Gasteiger partial charge in [-0.05, 0) is 31.5 Å². The number of rotatable bonds is 3. The highest BCUT2D eigenvalue weighted by Crippen LogP contribution is 2.17. The number of aromatic nitrogens is 2. The Kier molecular flexibility index (Phi) is 3.19. The minimum Gasteiger partial charge on any atom is -0.354 e. The molecule has 2 heterocycles. The molecule has 0 saturated carbocycles. The number of nitrogens with zero attached hydrogens (tertiary/aromatic N) is 2. The first kappa shape index (κ1) is 11.5. The van der Waals surface area contributed by atoms with Crippen LogP contribution in [0.15, 0.2) is 24.3 Å². The minimum absolute atomic E-state index is 0.582. The van der Waals surface area contributed by atoms with Gasteiger partial charge in [0.15, 0.2) is 0 Å². The van der Waals surface area contributed by atoms with E-state index in [-0.39, 0.29) is 0 Å². The molecule has 3 rings (SSSR count). The first-order valence-corrected chi connectivity index (χ1v) is 6.73. The smallest absolute Gasteiger partial charge is 0.203 e. The zero-order chi connectivity index (χ0) is 12.4. The molecule has 2 aromatic rings. The highest BCUT2D eigenvalue weighted by molar-refractivity contribution is 5.78. The second kappa shape index (κ2) is 4.98. The number of hydrogen-bond donors (Lipinski definition) is 2. The molecule has 4 heteroatoms. The molecule has 1 aliphatic rings. The molecular weight excluding hydrogens is 224 g/mol. The molecule has 1 aromatic carbocycles. The van der Waals surface area contributed by atoms with Gasteiger partial charge in [-0.1, -0.05) is 18.6 Å². The van der Waals surface area contributed by atoms with Gasteiger partial charge in [-0.2, -0.15) is 0 Å². The summed E-state index contributed by atoms with van der Waals surface area (Å²) in [6, 6.07) is 8.82. The highest BCUT2D eigenvalue weighted by atomic mass is 15.2. The van der Waals surface area contributed by atoms with Crippen molar-refractivity contribution in [3.63, 3.8) is 0 Å². The van der Waals surface area contributed by atoms with Gasteiger partial charge < -0.3 is 15.2 Å². The number of fused-ring (bicyclic) bond motifs is 1. The first-order valence-electron chi connectivity index (χ1n) is 6.73. The zero-order valence-electron chi connectivity index (χ0n) is 10.8. The summed E-state index contributed by atoms with van der Waals surface area (Å²) in [4.78, 5) is 4.62. The molecule has 1 atom stereocenters. The van der Waals surface area contributed by atoms with Crippen LogP contribution in [0.3, 0.4) is 0 Å². The third-order valence-corrected chi connectivity index (χ3v) is 3.71. The lowest BCUT2D eigenvalue weighted by Crippen LogP contribution is -2.39. The topological polar surface area (TPSA) is 41.9 Å². The molecule has 0 amide bonds. The summed E-state index contributed by atoms with van der Waals surface area (Å²) in [5.74, 6) is 0.962. The molecule has 0 aliphatic carbocycles. The number of nitrogens with one attached hydrogen (secondary N) is 2. The van der Waals surface area contributed by atoms with Crippen molar-refractivity contribution in [3.8, 4) is 0 Å². The Bertz CT molecular complexity index is 526. The van der Waals surface area contributed by atoms with Crippen molar-refractivity contribution in [2.75, 3.05) is 18.4 Å². The van der Waals surface area contributed by atoms with Gasteiger partial charge in [-0.25, -0.2) is 4.98 Å². The number of piperidine rings is 1. The lowest BCUT2D eigenvalue weighted by Gasteiger charge is -2.23. The Hall–Kier alpha value is -1.55. The van der Waals surface area contributed by atoms with Gasteiger partial charge in [-0.15, -0.1) is 0 Å². The van der Waals surface area contributed by atoms with E-state index in [0.717, 1.165) is 24.6 Å². The van der Waals surface area contributed by atoms with Crippen molar-refractivity contribution in [2.45, 2.75) is 25.3 Å². The summed E-state index contributed by atoms with van der Waals surface area (Å²) >= 11 is 0. The molecule has 0 bridgehead atoms. The van der Waals surface area contributed by atoms with Gasteiger partial charge in [0.2, 0.25) is 5.95 Å². The summed E-state index contributed by atoms with van der Waals surface area (Å²) in [6.07, 6.45) is 3.90. The van der Waals surface area contributed by atoms with Crippen molar-refractivity contribution in [1.82, 2.24) is 14.9 Å². The fraction of sp³-hybridized carbons (Fsp3) is 0.500. The van der Waals surface area contributed by atoms with Gasteiger partial charge in [0.05, 0.1) is 11.0 Å². The van der Waals surface area contributed by atoms with Crippen LogP contribution in [0.4, 0.5) is 5.95 Å². The minimum atomic E-state index is 0.582. The van der Waals surface area contributed by atoms with E-state index in [1.165, 1.54) is 24.8 Å². The van der Waals surface area contributed by atoms with Crippen LogP contribution >= 0.6 is 0 Å². The van der Waals surface area contributed by atoms with Crippen LogP contribution in [0.25, 0.3) is 11.0 Å². The third kappa shape index (κ3) is 2.20.